The van der Waals surface area contributed by atoms with Crippen LogP contribution in [0.2, 0.25) is 0 Å². The summed E-state index contributed by atoms with van der Waals surface area (Å²) in [4.78, 5) is 12.9. The third kappa shape index (κ3) is 5.00. The molecule has 0 aromatic heterocycles. The van der Waals surface area contributed by atoms with Crippen LogP contribution in [0, 0.1) is 10.1 Å². The summed E-state index contributed by atoms with van der Waals surface area (Å²) < 4.78 is 23.8. The first-order valence-corrected chi connectivity index (χ1v) is 11.5. The molecule has 0 radical (unpaired) electrons. The molecule has 7 nitrogen and oxygen atoms in total. The maximum atomic E-state index is 11.9. The molecule has 1 fully saturated rings. The fourth-order valence-corrected chi connectivity index (χ4v) is 4.87. The predicted octanol–water partition coefficient (Wildman–Crippen LogP) is 3.29. The maximum absolute atomic E-state index is 11.9. The van der Waals surface area contributed by atoms with Crippen molar-refractivity contribution in [2.24, 2.45) is 0 Å². The fourth-order valence-electron chi connectivity index (χ4n) is 3.03. The van der Waals surface area contributed by atoms with E-state index >= 15 is 0 Å². The number of thioether (sulfide) groups is 1. The van der Waals surface area contributed by atoms with Gasteiger partial charge in [-0.2, -0.15) is 11.8 Å². The highest BCUT2D eigenvalue weighted by atomic mass is 32.2. The van der Waals surface area contributed by atoms with Crippen LogP contribution in [0.3, 0.4) is 0 Å². The van der Waals surface area contributed by atoms with Crippen molar-refractivity contribution in [1.82, 2.24) is 4.90 Å². The first-order chi connectivity index (χ1) is 12.8. The van der Waals surface area contributed by atoms with Crippen LogP contribution in [-0.4, -0.2) is 49.1 Å². The Labute approximate surface area is 162 Å². The third-order valence-electron chi connectivity index (χ3n) is 4.30. The molecule has 2 aromatic carbocycles. The molecule has 3 rings (SSSR count). The van der Waals surface area contributed by atoms with E-state index < -0.39 is 20.4 Å². The van der Waals surface area contributed by atoms with Crippen LogP contribution in [0.25, 0.3) is 0 Å². The topological polar surface area (TPSA) is 92.6 Å². The van der Waals surface area contributed by atoms with Crippen LogP contribution < -0.4 is 5.32 Å². The quantitative estimate of drug-likeness (QED) is 0.580. The van der Waals surface area contributed by atoms with Crippen molar-refractivity contribution >= 4 is 38.7 Å². The van der Waals surface area contributed by atoms with E-state index in [1.54, 1.807) is 0 Å². The lowest BCUT2D eigenvalue weighted by atomic mass is 10.1. The van der Waals surface area contributed by atoms with Crippen molar-refractivity contribution in [2.45, 2.75) is 11.4 Å². The smallest absolute Gasteiger partial charge is 0.311 e. The molecule has 0 spiro atoms. The first kappa shape index (κ1) is 19.7. The molecule has 1 N–H and O–H groups in total. The lowest BCUT2D eigenvalue weighted by molar-refractivity contribution is -0.386. The zero-order valence-electron chi connectivity index (χ0n) is 14.9. The van der Waals surface area contributed by atoms with E-state index in [4.69, 9.17) is 0 Å². The Morgan fingerprint density at radius 2 is 1.89 bits per heavy atom. The monoisotopic (exact) mass is 407 g/mol. The lowest BCUT2D eigenvalue weighted by Gasteiger charge is -2.26. The van der Waals surface area contributed by atoms with Crippen LogP contribution >= 0.6 is 11.8 Å². The summed E-state index contributed by atoms with van der Waals surface area (Å²) in [6, 6.07) is 11.9. The summed E-state index contributed by atoms with van der Waals surface area (Å²) in [7, 11) is -3.71. The van der Waals surface area contributed by atoms with Gasteiger partial charge in [-0.1, -0.05) is 18.2 Å². The molecule has 0 unspecified atom stereocenters. The van der Waals surface area contributed by atoms with E-state index in [0.29, 0.717) is 5.69 Å². The minimum Gasteiger partial charge on any atom is -0.350 e. The molecule has 1 aliphatic rings. The van der Waals surface area contributed by atoms with Gasteiger partial charge in [0, 0.05) is 43.1 Å². The predicted molar refractivity (Wildman–Crippen MR) is 109 cm³/mol. The van der Waals surface area contributed by atoms with Crippen molar-refractivity contribution in [2.75, 3.05) is 36.2 Å². The van der Waals surface area contributed by atoms with E-state index in [0.717, 1.165) is 43.0 Å². The highest BCUT2D eigenvalue weighted by Crippen LogP contribution is 2.34. The van der Waals surface area contributed by atoms with Gasteiger partial charge in [0.15, 0.2) is 9.84 Å². The van der Waals surface area contributed by atoms with Gasteiger partial charge in [-0.25, -0.2) is 8.42 Å². The Balaban J connectivity index is 1.87. The van der Waals surface area contributed by atoms with Gasteiger partial charge in [0.2, 0.25) is 0 Å². The van der Waals surface area contributed by atoms with Gasteiger partial charge in [0.05, 0.1) is 4.92 Å². The van der Waals surface area contributed by atoms with Gasteiger partial charge in [-0.05, 0) is 29.8 Å². The molecule has 0 amide bonds. The summed E-state index contributed by atoms with van der Waals surface area (Å²) in [6.07, 6.45) is 0.969. The van der Waals surface area contributed by atoms with Crippen molar-refractivity contribution in [3.63, 3.8) is 0 Å². The SMILES string of the molecule is CS(=O)(=O)c1cccc(Nc2cccc(CN3CCSCC3)c2)c1[N+](=O)[O-]. The lowest BCUT2D eigenvalue weighted by Crippen LogP contribution is -2.31. The molecule has 27 heavy (non-hydrogen) atoms. The van der Waals surface area contributed by atoms with Gasteiger partial charge in [-0.15, -0.1) is 0 Å². The molecule has 2 aromatic rings. The number of nitrogens with zero attached hydrogens (tertiary/aromatic N) is 2. The van der Waals surface area contributed by atoms with Gasteiger partial charge >= 0.3 is 5.69 Å². The molecular formula is C18H21N3O4S2. The number of hydrogen-bond acceptors (Lipinski definition) is 7. The van der Waals surface area contributed by atoms with Gasteiger partial charge < -0.3 is 5.32 Å². The van der Waals surface area contributed by atoms with Crippen molar-refractivity contribution in [3.8, 4) is 0 Å². The fraction of sp³-hybridized carbons (Fsp3) is 0.333. The molecule has 1 saturated heterocycles. The number of sulfone groups is 1. The zero-order valence-corrected chi connectivity index (χ0v) is 16.6. The largest absolute Gasteiger partial charge is 0.350 e. The Bertz CT molecular complexity index is 941. The molecule has 0 bridgehead atoms. The van der Waals surface area contributed by atoms with Crippen molar-refractivity contribution in [1.29, 1.82) is 0 Å². The Morgan fingerprint density at radius 3 is 2.56 bits per heavy atom. The Morgan fingerprint density at radius 1 is 1.19 bits per heavy atom. The van der Waals surface area contributed by atoms with Gasteiger partial charge in [0.1, 0.15) is 10.6 Å². The summed E-state index contributed by atoms with van der Waals surface area (Å²) >= 11 is 1.95. The zero-order chi connectivity index (χ0) is 19.4. The number of benzene rings is 2. The average Bonchev–Trinajstić information content (AvgIpc) is 2.62. The minimum atomic E-state index is -3.71. The van der Waals surface area contributed by atoms with Gasteiger partial charge in [0.25, 0.3) is 0 Å². The second-order valence-corrected chi connectivity index (χ2v) is 9.60. The van der Waals surface area contributed by atoms with E-state index in [1.807, 2.05) is 36.0 Å². The Hall–Kier alpha value is -2.10. The van der Waals surface area contributed by atoms with Gasteiger partial charge in [-0.3, -0.25) is 15.0 Å². The molecule has 0 atom stereocenters. The standard InChI is InChI=1S/C18H21N3O4S2/c1-27(24,25)17-7-3-6-16(18(17)21(22)23)19-15-5-2-4-14(12-15)13-20-8-10-26-11-9-20/h2-7,12,19H,8-11,13H2,1H3. The number of nitro benzene ring substituents is 1. The van der Waals surface area contributed by atoms with Crippen molar-refractivity contribution < 1.29 is 13.3 Å². The maximum Gasteiger partial charge on any atom is 0.311 e. The normalized spacial score (nSPS) is 15.4. The summed E-state index contributed by atoms with van der Waals surface area (Å²) in [5, 5.41) is 14.5. The van der Waals surface area contributed by atoms with E-state index in [1.165, 1.54) is 18.2 Å². The van der Waals surface area contributed by atoms with E-state index in [2.05, 4.69) is 10.2 Å². The number of hydrogen-bond donors (Lipinski definition) is 1. The second kappa shape index (κ2) is 8.28. The molecule has 0 saturated carbocycles. The Kier molecular flexibility index (Phi) is 6.03. The molecule has 1 heterocycles. The van der Waals surface area contributed by atoms with Crippen LogP contribution in [0.1, 0.15) is 5.56 Å². The number of nitro groups is 1. The second-order valence-electron chi connectivity index (χ2n) is 6.40. The summed E-state index contributed by atoms with van der Waals surface area (Å²) in [5.74, 6) is 2.25. The number of nitrogens with one attached hydrogen (secondary N) is 1. The average molecular weight is 408 g/mol. The number of anilines is 2. The number of para-hydroxylation sites is 1. The van der Waals surface area contributed by atoms with Crippen LogP contribution in [0.15, 0.2) is 47.4 Å². The molecule has 1 aliphatic heterocycles. The molecular weight excluding hydrogens is 386 g/mol. The van der Waals surface area contributed by atoms with E-state index in [9.17, 15) is 18.5 Å². The number of rotatable bonds is 6. The van der Waals surface area contributed by atoms with Crippen LogP contribution in [-0.2, 0) is 16.4 Å². The molecule has 144 valence electrons. The van der Waals surface area contributed by atoms with Crippen LogP contribution in [0.5, 0.6) is 0 Å². The molecule has 9 heteroatoms. The molecule has 0 aliphatic carbocycles. The summed E-state index contributed by atoms with van der Waals surface area (Å²) in [5.41, 5.74) is 1.52. The minimum absolute atomic E-state index is 0.162. The van der Waals surface area contributed by atoms with Crippen molar-refractivity contribution in [3.05, 3.63) is 58.1 Å². The van der Waals surface area contributed by atoms with E-state index in [-0.39, 0.29) is 10.6 Å². The highest BCUT2D eigenvalue weighted by Gasteiger charge is 2.26. The first-order valence-electron chi connectivity index (χ1n) is 8.48. The highest BCUT2D eigenvalue weighted by molar-refractivity contribution is 7.99. The third-order valence-corrected chi connectivity index (χ3v) is 6.37. The van der Waals surface area contributed by atoms with Crippen LogP contribution in [0.4, 0.5) is 17.1 Å². The summed E-state index contributed by atoms with van der Waals surface area (Å²) in [6.45, 7) is 2.91.